The van der Waals surface area contributed by atoms with Crippen LogP contribution in [0.25, 0.3) is 0 Å². The predicted octanol–water partition coefficient (Wildman–Crippen LogP) is -0.502. The van der Waals surface area contributed by atoms with Crippen LogP contribution in [0.15, 0.2) is 18.3 Å². The highest BCUT2D eigenvalue weighted by atomic mass is 16.1. The maximum Gasteiger partial charge on any atom is 0.252 e. The summed E-state index contributed by atoms with van der Waals surface area (Å²) in [4.78, 5) is 17.7. The average Bonchev–Trinajstić information content (AvgIpc) is 2.40. The summed E-state index contributed by atoms with van der Waals surface area (Å²) in [5, 5.41) is 6.48. The van der Waals surface area contributed by atoms with Crippen LogP contribution in [0.1, 0.15) is 10.4 Å². The van der Waals surface area contributed by atoms with Crippen molar-refractivity contribution in [1.29, 1.82) is 0 Å². The zero-order chi connectivity index (χ0) is 12.8. The van der Waals surface area contributed by atoms with Gasteiger partial charge < -0.3 is 16.4 Å². The van der Waals surface area contributed by atoms with Crippen LogP contribution >= 0.6 is 0 Å². The Morgan fingerprint density at radius 1 is 1.50 bits per heavy atom. The Hall–Kier alpha value is -1.66. The molecular weight excluding hydrogens is 230 g/mol. The second kappa shape index (κ2) is 6.32. The highest BCUT2D eigenvalue weighted by Gasteiger charge is 2.10. The third kappa shape index (κ3) is 3.41. The van der Waals surface area contributed by atoms with Gasteiger partial charge in [-0.3, -0.25) is 9.69 Å². The minimum absolute atomic E-state index is 0.442. The highest BCUT2D eigenvalue weighted by Crippen LogP contribution is 2.09. The van der Waals surface area contributed by atoms with Gasteiger partial charge in [-0.05, 0) is 12.1 Å². The van der Waals surface area contributed by atoms with E-state index in [0.29, 0.717) is 11.4 Å². The summed E-state index contributed by atoms with van der Waals surface area (Å²) in [6.45, 7) is 5.90. The van der Waals surface area contributed by atoms with Gasteiger partial charge in [0.1, 0.15) is 5.82 Å². The first-order chi connectivity index (χ1) is 8.77. The Balaban J connectivity index is 1.84. The number of nitrogens with one attached hydrogen (secondary N) is 2. The van der Waals surface area contributed by atoms with E-state index < -0.39 is 5.91 Å². The molecule has 1 aliphatic rings. The number of anilines is 1. The largest absolute Gasteiger partial charge is 0.368 e. The average molecular weight is 249 g/mol. The summed E-state index contributed by atoms with van der Waals surface area (Å²) in [6, 6.07) is 3.39. The van der Waals surface area contributed by atoms with Crippen molar-refractivity contribution < 1.29 is 4.79 Å². The Morgan fingerprint density at radius 2 is 2.28 bits per heavy atom. The number of carbonyl (C=O) groups is 1. The van der Waals surface area contributed by atoms with Crippen molar-refractivity contribution in [3.8, 4) is 0 Å². The van der Waals surface area contributed by atoms with E-state index in [2.05, 4.69) is 20.5 Å². The molecule has 0 saturated carbocycles. The maximum absolute atomic E-state index is 11.2. The molecule has 1 aromatic heterocycles. The number of primary amides is 1. The number of aromatic nitrogens is 1. The minimum atomic E-state index is -0.451. The van der Waals surface area contributed by atoms with E-state index in [1.54, 1.807) is 18.3 Å². The first-order valence-corrected chi connectivity index (χ1v) is 6.19. The topological polar surface area (TPSA) is 83.3 Å². The SMILES string of the molecule is NC(=O)c1cccnc1NCCN1CCNCC1. The maximum atomic E-state index is 11.2. The Bertz CT molecular complexity index is 403. The molecule has 0 atom stereocenters. The second-order valence-electron chi connectivity index (χ2n) is 4.28. The highest BCUT2D eigenvalue weighted by molar-refractivity contribution is 5.97. The van der Waals surface area contributed by atoms with Gasteiger partial charge in [0, 0.05) is 45.5 Å². The number of piperazine rings is 1. The monoisotopic (exact) mass is 249 g/mol. The minimum Gasteiger partial charge on any atom is -0.368 e. The molecular formula is C12H19N5O. The van der Waals surface area contributed by atoms with Crippen LogP contribution in [0.2, 0.25) is 0 Å². The quantitative estimate of drug-likeness (QED) is 0.655. The number of carbonyl (C=O) groups excluding carboxylic acids is 1. The third-order valence-corrected chi connectivity index (χ3v) is 3.00. The number of nitrogens with two attached hydrogens (primary N) is 1. The van der Waals surface area contributed by atoms with Gasteiger partial charge in [-0.2, -0.15) is 0 Å². The fourth-order valence-corrected chi connectivity index (χ4v) is 2.01. The molecule has 1 saturated heterocycles. The molecule has 98 valence electrons. The zero-order valence-electron chi connectivity index (χ0n) is 10.4. The van der Waals surface area contributed by atoms with E-state index in [9.17, 15) is 4.79 Å². The van der Waals surface area contributed by atoms with Crippen LogP contribution in [-0.2, 0) is 0 Å². The van der Waals surface area contributed by atoms with E-state index in [1.807, 2.05) is 0 Å². The second-order valence-corrected chi connectivity index (χ2v) is 4.28. The molecule has 4 N–H and O–H groups in total. The van der Waals surface area contributed by atoms with Crippen LogP contribution in [-0.4, -0.2) is 55.1 Å². The van der Waals surface area contributed by atoms with Gasteiger partial charge in [0.2, 0.25) is 0 Å². The number of nitrogens with zero attached hydrogens (tertiary/aromatic N) is 2. The number of pyridine rings is 1. The Labute approximate surface area is 107 Å². The summed E-state index contributed by atoms with van der Waals surface area (Å²) >= 11 is 0. The van der Waals surface area contributed by atoms with Gasteiger partial charge in [0.05, 0.1) is 5.56 Å². The summed E-state index contributed by atoms with van der Waals surface area (Å²) in [5.41, 5.74) is 5.73. The van der Waals surface area contributed by atoms with Crippen LogP contribution in [0.4, 0.5) is 5.82 Å². The predicted molar refractivity (Wildman–Crippen MR) is 70.6 cm³/mol. The fraction of sp³-hybridized carbons (Fsp3) is 0.500. The molecule has 0 aliphatic carbocycles. The first-order valence-electron chi connectivity index (χ1n) is 6.19. The fourth-order valence-electron chi connectivity index (χ4n) is 2.01. The van der Waals surface area contributed by atoms with Crippen molar-refractivity contribution in [2.24, 2.45) is 5.73 Å². The molecule has 2 heterocycles. The molecule has 0 bridgehead atoms. The van der Waals surface area contributed by atoms with Crippen LogP contribution in [0.3, 0.4) is 0 Å². The molecule has 6 nitrogen and oxygen atoms in total. The van der Waals surface area contributed by atoms with Crippen molar-refractivity contribution in [2.75, 3.05) is 44.6 Å². The van der Waals surface area contributed by atoms with E-state index in [-0.39, 0.29) is 0 Å². The molecule has 0 spiro atoms. The van der Waals surface area contributed by atoms with Crippen LogP contribution in [0.5, 0.6) is 0 Å². The lowest BCUT2D eigenvalue weighted by Gasteiger charge is -2.27. The standard InChI is InChI=1S/C12H19N5O/c13-11(18)10-2-1-3-15-12(10)16-6-9-17-7-4-14-5-8-17/h1-3,14H,4-9H2,(H2,13,18)(H,15,16). The van der Waals surface area contributed by atoms with Gasteiger partial charge in [-0.1, -0.05) is 0 Å². The van der Waals surface area contributed by atoms with Crippen LogP contribution < -0.4 is 16.4 Å². The Morgan fingerprint density at radius 3 is 3.00 bits per heavy atom. The zero-order valence-corrected chi connectivity index (χ0v) is 10.4. The molecule has 6 heteroatoms. The first kappa shape index (κ1) is 12.8. The third-order valence-electron chi connectivity index (χ3n) is 3.00. The van der Waals surface area contributed by atoms with Gasteiger partial charge in [-0.15, -0.1) is 0 Å². The normalized spacial score (nSPS) is 16.4. The summed E-state index contributed by atoms with van der Waals surface area (Å²) in [5.74, 6) is 0.118. The van der Waals surface area contributed by atoms with Crippen molar-refractivity contribution in [3.63, 3.8) is 0 Å². The molecule has 1 aromatic rings. The molecule has 0 aromatic carbocycles. The number of rotatable bonds is 5. The molecule has 1 aliphatic heterocycles. The van der Waals surface area contributed by atoms with E-state index >= 15 is 0 Å². The van der Waals surface area contributed by atoms with Crippen molar-refractivity contribution in [2.45, 2.75) is 0 Å². The molecule has 1 fully saturated rings. The summed E-state index contributed by atoms with van der Waals surface area (Å²) < 4.78 is 0. The van der Waals surface area contributed by atoms with Gasteiger partial charge in [0.15, 0.2) is 0 Å². The van der Waals surface area contributed by atoms with Gasteiger partial charge >= 0.3 is 0 Å². The smallest absolute Gasteiger partial charge is 0.252 e. The van der Waals surface area contributed by atoms with Crippen molar-refractivity contribution in [3.05, 3.63) is 23.9 Å². The lowest BCUT2D eigenvalue weighted by molar-refractivity contribution is 0.100. The van der Waals surface area contributed by atoms with Crippen molar-refractivity contribution >= 4 is 11.7 Å². The van der Waals surface area contributed by atoms with Gasteiger partial charge in [0.25, 0.3) is 5.91 Å². The molecule has 0 radical (unpaired) electrons. The Kier molecular flexibility index (Phi) is 4.49. The molecule has 0 unspecified atom stereocenters. The number of amides is 1. The molecule has 18 heavy (non-hydrogen) atoms. The number of hydrogen-bond donors (Lipinski definition) is 3. The van der Waals surface area contributed by atoms with Gasteiger partial charge in [-0.25, -0.2) is 4.98 Å². The van der Waals surface area contributed by atoms with E-state index in [0.717, 1.165) is 39.3 Å². The molecule has 1 amide bonds. The summed E-state index contributed by atoms with van der Waals surface area (Å²) in [7, 11) is 0. The van der Waals surface area contributed by atoms with Crippen LogP contribution in [0, 0.1) is 0 Å². The van der Waals surface area contributed by atoms with E-state index in [4.69, 9.17) is 5.73 Å². The lowest BCUT2D eigenvalue weighted by Crippen LogP contribution is -2.45. The summed E-state index contributed by atoms with van der Waals surface area (Å²) in [6.07, 6.45) is 1.65. The van der Waals surface area contributed by atoms with E-state index in [1.165, 1.54) is 0 Å². The van der Waals surface area contributed by atoms with Crippen molar-refractivity contribution in [1.82, 2.24) is 15.2 Å². The molecule has 2 rings (SSSR count). The lowest BCUT2D eigenvalue weighted by atomic mass is 10.2. The number of hydrogen-bond acceptors (Lipinski definition) is 5.